The van der Waals surface area contributed by atoms with Crippen LogP contribution in [-0.2, 0) is 11.2 Å². The molecule has 0 spiro atoms. The van der Waals surface area contributed by atoms with Crippen LogP contribution in [0.4, 0.5) is 0 Å². The average Bonchev–Trinajstić information content (AvgIpc) is 2.55. The highest BCUT2D eigenvalue weighted by molar-refractivity contribution is 6.36. The molecule has 0 bridgehead atoms. The van der Waals surface area contributed by atoms with Gasteiger partial charge in [-0.1, -0.05) is 41.4 Å². The number of hydrogen-bond donors (Lipinski definition) is 1. The first kappa shape index (κ1) is 18.6. The van der Waals surface area contributed by atoms with Gasteiger partial charge in [0.1, 0.15) is 12.4 Å². The Morgan fingerprint density at radius 2 is 1.75 bits per heavy atom. The first-order valence-electron chi connectivity index (χ1n) is 7.87. The molecule has 0 atom stereocenters. The standard InChI is InChI=1S/C19H21Cl2NO2/c1-13-5-3-8-18(14(13)2)24-12-11-22-19(23)10-9-15-16(20)6-4-7-17(15)21/h3-8H,9-12H2,1-2H3,(H,22,23). The molecule has 0 saturated heterocycles. The van der Waals surface area contributed by atoms with E-state index < -0.39 is 0 Å². The van der Waals surface area contributed by atoms with Gasteiger partial charge in [-0.25, -0.2) is 0 Å². The van der Waals surface area contributed by atoms with Crippen LogP contribution in [0.1, 0.15) is 23.1 Å². The first-order valence-corrected chi connectivity index (χ1v) is 8.63. The van der Waals surface area contributed by atoms with Crippen molar-refractivity contribution < 1.29 is 9.53 Å². The molecule has 24 heavy (non-hydrogen) atoms. The Morgan fingerprint density at radius 1 is 1.08 bits per heavy atom. The quantitative estimate of drug-likeness (QED) is 0.719. The van der Waals surface area contributed by atoms with Gasteiger partial charge >= 0.3 is 0 Å². The van der Waals surface area contributed by atoms with Crippen LogP contribution in [-0.4, -0.2) is 19.1 Å². The average molecular weight is 366 g/mol. The molecule has 3 nitrogen and oxygen atoms in total. The topological polar surface area (TPSA) is 38.3 Å². The summed E-state index contributed by atoms with van der Waals surface area (Å²) in [4.78, 5) is 11.9. The zero-order valence-electron chi connectivity index (χ0n) is 13.9. The Labute approximate surface area is 152 Å². The van der Waals surface area contributed by atoms with Gasteiger partial charge in [-0.05, 0) is 55.2 Å². The van der Waals surface area contributed by atoms with Gasteiger partial charge in [0.2, 0.25) is 5.91 Å². The molecule has 0 radical (unpaired) electrons. The Morgan fingerprint density at radius 3 is 2.46 bits per heavy atom. The third-order valence-corrected chi connectivity index (χ3v) is 4.61. The summed E-state index contributed by atoms with van der Waals surface area (Å²) in [5.74, 6) is 0.808. The van der Waals surface area contributed by atoms with Crippen molar-refractivity contribution >= 4 is 29.1 Å². The summed E-state index contributed by atoms with van der Waals surface area (Å²) in [5, 5.41) is 4.03. The maximum atomic E-state index is 11.9. The molecule has 0 aliphatic carbocycles. The van der Waals surface area contributed by atoms with Crippen molar-refractivity contribution in [3.05, 3.63) is 63.1 Å². The number of ether oxygens (including phenoxy) is 1. The molecule has 0 unspecified atom stereocenters. The van der Waals surface area contributed by atoms with Gasteiger partial charge in [0.25, 0.3) is 0 Å². The van der Waals surface area contributed by atoms with Gasteiger partial charge < -0.3 is 10.1 Å². The molecule has 0 aliphatic heterocycles. The van der Waals surface area contributed by atoms with Crippen LogP contribution in [0, 0.1) is 13.8 Å². The van der Waals surface area contributed by atoms with Crippen molar-refractivity contribution in [2.24, 2.45) is 0 Å². The SMILES string of the molecule is Cc1cccc(OCCNC(=O)CCc2c(Cl)cccc2Cl)c1C. The Bertz CT molecular complexity index is 696. The van der Waals surface area contributed by atoms with E-state index in [1.807, 2.05) is 32.0 Å². The lowest BCUT2D eigenvalue weighted by molar-refractivity contribution is -0.121. The van der Waals surface area contributed by atoms with E-state index in [0.29, 0.717) is 36.0 Å². The van der Waals surface area contributed by atoms with Gasteiger partial charge in [0.05, 0.1) is 6.54 Å². The summed E-state index contributed by atoms with van der Waals surface area (Å²) in [6, 6.07) is 11.3. The molecule has 2 rings (SSSR count). The highest BCUT2D eigenvalue weighted by Crippen LogP contribution is 2.25. The monoisotopic (exact) mass is 365 g/mol. The van der Waals surface area contributed by atoms with Gasteiger partial charge in [-0.2, -0.15) is 0 Å². The van der Waals surface area contributed by atoms with Gasteiger partial charge in [0.15, 0.2) is 0 Å². The lowest BCUT2D eigenvalue weighted by atomic mass is 10.1. The van der Waals surface area contributed by atoms with E-state index in [9.17, 15) is 4.79 Å². The Hall–Kier alpha value is -1.71. The second-order valence-corrected chi connectivity index (χ2v) is 6.41. The number of hydrogen-bond acceptors (Lipinski definition) is 2. The van der Waals surface area contributed by atoms with Crippen LogP contribution in [0.3, 0.4) is 0 Å². The van der Waals surface area contributed by atoms with Gasteiger partial charge in [-0.3, -0.25) is 4.79 Å². The largest absolute Gasteiger partial charge is 0.491 e. The van der Waals surface area contributed by atoms with Crippen molar-refractivity contribution in [1.29, 1.82) is 0 Å². The molecule has 0 aliphatic rings. The van der Waals surface area contributed by atoms with E-state index in [1.54, 1.807) is 18.2 Å². The van der Waals surface area contributed by atoms with Gasteiger partial charge in [-0.15, -0.1) is 0 Å². The van der Waals surface area contributed by atoms with E-state index in [-0.39, 0.29) is 5.91 Å². The molecule has 0 saturated carbocycles. The van der Waals surface area contributed by atoms with E-state index in [2.05, 4.69) is 5.32 Å². The molecule has 1 amide bonds. The summed E-state index contributed by atoms with van der Waals surface area (Å²) >= 11 is 12.2. The number of rotatable bonds is 7. The molecule has 2 aromatic rings. The van der Waals surface area contributed by atoms with Crippen LogP contribution >= 0.6 is 23.2 Å². The normalized spacial score (nSPS) is 10.5. The maximum Gasteiger partial charge on any atom is 0.220 e. The van der Waals surface area contributed by atoms with Crippen molar-refractivity contribution in [1.82, 2.24) is 5.32 Å². The van der Waals surface area contributed by atoms with E-state index in [4.69, 9.17) is 27.9 Å². The third kappa shape index (κ3) is 5.15. The van der Waals surface area contributed by atoms with Crippen LogP contribution in [0.25, 0.3) is 0 Å². The van der Waals surface area contributed by atoms with E-state index in [0.717, 1.165) is 16.9 Å². The predicted octanol–water partition coefficient (Wildman–Crippen LogP) is 4.74. The Kier molecular flexibility index (Phi) is 6.95. The highest BCUT2D eigenvalue weighted by atomic mass is 35.5. The minimum Gasteiger partial charge on any atom is -0.491 e. The number of benzene rings is 2. The number of halogens is 2. The summed E-state index contributed by atoms with van der Waals surface area (Å²) < 4.78 is 5.71. The number of nitrogens with one attached hydrogen (secondary N) is 1. The minimum absolute atomic E-state index is 0.0458. The van der Waals surface area contributed by atoms with Crippen LogP contribution in [0.15, 0.2) is 36.4 Å². The lowest BCUT2D eigenvalue weighted by Gasteiger charge is -2.11. The number of aryl methyl sites for hydroxylation is 1. The zero-order chi connectivity index (χ0) is 17.5. The van der Waals surface area contributed by atoms with Crippen molar-refractivity contribution in [2.45, 2.75) is 26.7 Å². The zero-order valence-corrected chi connectivity index (χ0v) is 15.4. The van der Waals surface area contributed by atoms with Crippen molar-refractivity contribution in [3.8, 4) is 5.75 Å². The van der Waals surface area contributed by atoms with Crippen LogP contribution < -0.4 is 10.1 Å². The van der Waals surface area contributed by atoms with Gasteiger partial charge in [0, 0.05) is 16.5 Å². The fourth-order valence-electron chi connectivity index (χ4n) is 2.33. The molecule has 5 heteroatoms. The second-order valence-electron chi connectivity index (χ2n) is 5.60. The number of carbonyl (C=O) groups is 1. The minimum atomic E-state index is -0.0458. The lowest BCUT2D eigenvalue weighted by Crippen LogP contribution is -2.28. The molecule has 1 N–H and O–H groups in total. The maximum absolute atomic E-state index is 11.9. The third-order valence-electron chi connectivity index (χ3n) is 3.90. The predicted molar refractivity (Wildman–Crippen MR) is 99.2 cm³/mol. The molecule has 0 aromatic heterocycles. The van der Waals surface area contributed by atoms with Crippen LogP contribution in [0.2, 0.25) is 10.0 Å². The van der Waals surface area contributed by atoms with E-state index >= 15 is 0 Å². The highest BCUT2D eigenvalue weighted by Gasteiger charge is 2.08. The van der Waals surface area contributed by atoms with Crippen LogP contribution in [0.5, 0.6) is 5.75 Å². The first-order chi connectivity index (χ1) is 11.5. The second kappa shape index (κ2) is 8.95. The van der Waals surface area contributed by atoms with Crippen molar-refractivity contribution in [2.75, 3.05) is 13.2 Å². The number of carbonyl (C=O) groups excluding carboxylic acids is 1. The van der Waals surface area contributed by atoms with E-state index in [1.165, 1.54) is 5.56 Å². The summed E-state index contributed by atoms with van der Waals surface area (Å²) in [6.07, 6.45) is 0.856. The smallest absolute Gasteiger partial charge is 0.220 e. The fourth-order valence-corrected chi connectivity index (χ4v) is 2.92. The molecule has 128 valence electrons. The van der Waals surface area contributed by atoms with Crippen molar-refractivity contribution in [3.63, 3.8) is 0 Å². The summed E-state index contributed by atoms with van der Waals surface area (Å²) in [6.45, 7) is 4.96. The fraction of sp³-hybridized carbons (Fsp3) is 0.316. The molecule has 0 heterocycles. The Balaban J connectivity index is 1.73. The molecular weight excluding hydrogens is 345 g/mol. The molecular formula is C19H21Cl2NO2. The summed E-state index contributed by atoms with van der Waals surface area (Å²) in [5.41, 5.74) is 3.12. The molecule has 0 fully saturated rings. The molecule has 2 aromatic carbocycles. The summed E-state index contributed by atoms with van der Waals surface area (Å²) in [7, 11) is 0. The number of amides is 1.